The maximum atomic E-state index is 13.5. The lowest BCUT2D eigenvalue weighted by molar-refractivity contribution is 0.434. The van der Waals surface area contributed by atoms with Crippen molar-refractivity contribution in [2.45, 2.75) is 13.3 Å². The van der Waals surface area contributed by atoms with E-state index in [9.17, 15) is 8.78 Å². The fourth-order valence-corrected chi connectivity index (χ4v) is 1.82. The molecule has 0 saturated heterocycles. The first-order valence-corrected chi connectivity index (χ1v) is 6.02. The van der Waals surface area contributed by atoms with Crippen molar-refractivity contribution in [3.05, 3.63) is 59.2 Å². The number of rotatable bonds is 4. The molecule has 2 rings (SSSR count). The largest absolute Gasteiger partial charge is 0.454 e. The minimum absolute atomic E-state index is 0.116. The molecule has 2 N–H and O–H groups in total. The third-order valence-corrected chi connectivity index (χ3v) is 2.79. The van der Waals surface area contributed by atoms with E-state index in [0.717, 1.165) is 35.7 Å². The maximum Gasteiger partial charge on any atom is 0.165 e. The molecule has 0 amide bonds. The van der Waals surface area contributed by atoms with Crippen LogP contribution in [0.5, 0.6) is 11.5 Å². The fourth-order valence-electron chi connectivity index (χ4n) is 1.82. The van der Waals surface area contributed by atoms with E-state index >= 15 is 0 Å². The zero-order chi connectivity index (χ0) is 13.8. The quantitative estimate of drug-likeness (QED) is 0.915. The standard InChI is InChI=1S/C15H15F2NO/c1-10-8-11(6-7-18)2-5-14(10)19-15-9-12(16)3-4-13(15)17/h2-5,8-9H,6-7,18H2,1H3. The first kappa shape index (κ1) is 13.5. The number of benzene rings is 2. The minimum Gasteiger partial charge on any atom is -0.454 e. The lowest BCUT2D eigenvalue weighted by atomic mass is 10.1. The molecule has 2 nitrogen and oxygen atoms in total. The lowest BCUT2D eigenvalue weighted by Crippen LogP contribution is -2.03. The summed E-state index contributed by atoms with van der Waals surface area (Å²) in [7, 11) is 0. The van der Waals surface area contributed by atoms with E-state index in [-0.39, 0.29) is 5.75 Å². The van der Waals surface area contributed by atoms with Crippen molar-refractivity contribution >= 4 is 0 Å². The SMILES string of the molecule is Cc1cc(CCN)ccc1Oc1cc(F)ccc1F. The van der Waals surface area contributed by atoms with Crippen LogP contribution < -0.4 is 10.5 Å². The second-order valence-corrected chi connectivity index (χ2v) is 4.32. The average Bonchev–Trinajstić information content (AvgIpc) is 2.37. The van der Waals surface area contributed by atoms with Gasteiger partial charge in [0.25, 0.3) is 0 Å². The predicted molar refractivity (Wildman–Crippen MR) is 70.4 cm³/mol. The van der Waals surface area contributed by atoms with Gasteiger partial charge in [0, 0.05) is 6.07 Å². The van der Waals surface area contributed by atoms with Gasteiger partial charge in [0.15, 0.2) is 11.6 Å². The molecule has 2 aromatic rings. The van der Waals surface area contributed by atoms with Gasteiger partial charge < -0.3 is 10.5 Å². The molecule has 0 aromatic heterocycles. The highest BCUT2D eigenvalue weighted by atomic mass is 19.1. The highest BCUT2D eigenvalue weighted by Crippen LogP contribution is 2.28. The summed E-state index contributed by atoms with van der Waals surface area (Å²) in [6, 6.07) is 8.67. The van der Waals surface area contributed by atoms with Crippen LogP contribution in [-0.4, -0.2) is 6.54 Å². The highest BCUT2D eigenvalue weighted by molar-refractivity contribution is 5.40. The van der Waals surface area contributed by atoms with E-state index in [1.807, 2.05) is 19.1 Å². The second-order valence-electron chi connectivity index (χ2n) is 4.32. The van der Waals surface area contributed by atoms with Crippen LogP contribution >= 0.6 is 0 Å². The summed E-state index contributed by atoms with van der Waals surface area (Å²) in [5, 5.41) is 0. The molecule has 100 valence electrons. The van der Waals surface area contributed by atoms with Crippen molar-refractivity contribution in [2.75, 3.05) is 6.54 Å². The zero-order valence-electron chi connectivity index (χ0n) is 10.6. The van der Waals surface area contributed by atoms with Crippen molar-refractivity contribution in [1.82, 2.24) is 0 Å². The van der Waals surface area contributed by atoms with Crippen molar-refractivity contribution in [2.24, 2.45) is 5.73 Å². The van der Waals surface area contributed by atoms with E-state index < -0.39 is 11.6 Å². The van der Waals surface area contributed by atoms with Crippen molar-refractivity contribution in [3.8, 4) is 11.5 Å². The summed E-state index contributed by atoms with van der Waals surface area (Å²) in [6.45, 7) is 2.42. The van der Waals surface area contributed by atoms with Crippen molar-refractivity contribution in [1.29, 1.82) is 0 Å². The van der Waals surface area contributed by atoms with Crippen LogP contribution in [0.2, 0.25) is 0 Å². The Morgan fingerprint density at radius 3 is 2.53 bits per heavy atom. The van der Waals surface area contributed by atoms with Gasteiger partial charge in [-0.25, -0.2) is 8.78 Å². The molecule has 0 saturated carbocycles. The number of hydrogen-bond donors (Lipinski definition) is 1. The molecule has 0 atom stereocenters. The molecule has 0 bridgehead atoms. The van der Waals surface area contributed by atoms with Gasteiger partial charge >= 0.3 is 0 Å². The Morgan fingerprint density at radius 1 is 1.05 bits per heavy atom. The topological polar surface area (TPSA) is 35.2 Å². The monoisotopic (exact) mass is 263 g/mol. The lowest BCUT2D eigenvalue weighted by Gasteiger charge is -2.11. The van der Waals surface area contributed by atoms with Gasteiger partial charge in [-0.05, 0) is 49.2 Å². The molecule has 0 spiro atoms. The van der Waals surface area contributed by atoms with Gasteiger partial charge in [0.2, 0.25) is 0 Å². The molecule has 0 unspecified atom stereocenters. The molecular weight excluding hydrogens is 248 g/mol. The zero-order valence-corrected chi connectivity index (χ0v) is 10.6. The number of hydrogen-bond acceptors (Lipinski definition) is 2. The van der Waals surface area contributed by atoms with Gasteiger partial charge in [-0.1, -0.05) is 12.1 Å². The summed E-state index contributed by atoms with van der Waals surface area (Å²) in [5.74, 6) is -0.736. The summed E-state index contributed by atoms with van der Waals surface area (Å²) >= 11 is 0. The molecule has 0 aliphatic heterocycles. The van der Waals surface area contributed by atoms with Gasteiger partial charge in [-0.3, -0.25) is 0 Å². The van der Waals surface area contributed by atoms with Crippen LogP contribution in [0, 0.1) is 18.6 Å². The molecule has 0 radical (unpaired) electrons. The van der Waals surface area contributed by atoms with Crippen molar-refractivity contribution in [3.63, 3.8) is 0 Å². The fraction of sp³-hybridized carbons (Fsp3) is 0.200. The van der Waals surface area contributed by atoms with E-state index in [1.54, 1.807) is 6.07 Å². The molecule has 0 heterocycles. The normalized spacial score (nSPS) is 10.5. The smallest absolute Gasteiger partial charge is 0.165 e. The Morgan fingerprint density at radius 2 is 1.84 bits per heavy atom. The van der Waals surface area contributed by atoms with E-state index in [0.29, 0.717) is 12.3 Å². The van der Waals surface area contributed by atoms with E-state index in [4.69, 9.17) is 10.5 Å². The van der Waals surface area contributed by atoms with Gasteiger partial charge in [-0.2, -0.15) is 0 Å². The van der Waals surface area contributed by atoms with Crippen LogP contribution in [0.1, 0.15) is 11.1 Å². The third kappa shape index (κ3) is 3.29. The summed E-state index contributed by atoms with van der Waals surface area (Å²) < 4.78 is 31.9. The first-order valence-electron chi connectivity index (χ1n) is 6.02. The highest BCUT2D eigenvalue weighted by Gasteiger charge is 2.08. The molecule has 19 heavy (non-hydrogen) atoms. The molecule has 4 heteroatoms. The first-order chi connectivity index (χ1) is 9.10. The third-order valence-electron chi connectivity index (χ3n) is 2.79. The molecule has 0 aliphatic rings. The Bertz CT molecular complexity index is 584. The molecule has 0 fully saturated rings. The van der Waals surface area contributed by atoms with Gasteiger partial charge in [0.05, 0.1) is 0 Å². The van der Waals surface area contributed by atoms with Crippen LogP contribution in [0.15, 0.2) is 36.4 Å². The Balaban J connectivity index is 2.25. The number of halogens is 2. The summed E-state index contributed by atoms with van der Waals surface area (Å²) in [6.07, 6.45) is 0.773. The Labute approximate surface area is 110 Å². The van der Waals surface area contributed by atoms with Crippen LogP contribution in [0.4, 0.5) is 8.78 Å². The maximum absolute atomic E-state index is 13.5. The predicted octanol–water partition coefficient (Wildman–Crippen LogP) is 3.57. The molecule has 0 aliphatic carbocycles. The van der Waals surface area contributed by atoms with Gasteiger partial charge in [-0.15, -0.1) is 0 Å². The summed E-state index contributed by atoms with van der Waals surface area (Å²) in [5.41, 5.74) is 7.43. The molecular formula is C15H15F2NO. The second kappa shape index (κ2) is 5.80. The van der Waals surface area contributed by atoms with Crippen molar-refractivity contribution < 1.29 is 13.5 Å². The number of nitrogens with two attached hydrogens (primary N) is 1. The Kier molecular flexibility index (Phi) is 4.12. The number of ether oxygens (including phenoxy) is 1. The van der Waals surface area contributed by atoms with Crippen LogP contribution in [-0.2, 0) is 6.42 Å². The van der Waals surface area contributed by atoms with E-state index in [2.05, 4.69) is 0 Å². The minimum atomic E-state index is -0.591. The van der Waals surface area contributed by atoms with Crippen LogP contribution in [0.3, 0.4) is 0 Å². The number of aryl methyl sites for hydroxylation is 1. The van der Waals surface area contributed by atoms with E-state index in [1.165, 1.54) is 0 Å². The average molecular weight is 263 g/mol. The summed E-state index contributed by atoms with van der Waals surface area (Å²) in [4.78, 5) is 0. The Hall–Kier alpha value is -1.94. The van der Waals surface area contributed by atoms with Gasteiger partial charge in [0.1, 0.15) is 11.6 Å². The van der Waals surface area contributed by atoms with Crippen LogP contribution in [0.25, 0.3) is 0 Å². The molecule has 2 aromatic carbocycles.